The number of nitriles is 1. The predicted octanol–water partition coefficient (Wildman–Crippen LogP) is 4.18. The van der Waals surface area contributed by atoms with E-state index >= 15 is 0 Å². The van der Waals surface area contributed by atoms with Crippen LogP contribution in [0.1, 0.15) is 34.6 Å². The average Bonchev–Trinajstić information content (AvgIpc) is 2.65. The lowest BCUT2D eigenvalue weighted by Crippen LogP contribution is -2.17. The first-order valence-electron chi connectivity index (χ1n) is 7.14. The van der Waals surface area contributed by atoms with E-state index in [0.717, 1.165) is 30.1 Å². The zero-order valence-electron chi connectivity index (χ0n) is 12.0. The molecule has 0 fully saturated rings. The van der Waals surface area contributed by atoms with Crippen molar-refractivity contribution in [1.82, 2.24) is 4.90 Å². The lowest BCUT2D eigenvalue weighted by atomic mass is 9.86. The van der Waals surface area contributed by atoms with Crippen molar-refractivity contribution in [1.29, 1.82) is 5.26 Å². The van der Waals surface area contributed by atoms with Crippen molar-refractivity contribution in [3.63, 3.8) is 0 Å². The van der Waals surface area contributed by atoms with E-state index in [0.29, 0.717) is 5.92 Å². The summed E-state index contributed by atoms with van der Waals surface area (Å²) in [6.45, 7) is 1.94. The van der Waals surface area contributed by atoms with Crippen LogP contribution < -0.4 is 0 Å². The number of nitrogens with zero attached hydrogens (tertiary/aromatic N) is 2. The van der Waals surface area contributed by atoms with E-state index in [1.165, 1.54) is 16.7 Å². The van der Waals surface area contributed by atoms with Crippen LogP contribution in [0.4, 0.5) is 0 Å². The minimum absolute atomic E-state index is 0.370. The molecule has 106 valence electrons. The van der Waals surface area contributed by atoms with Crippen LogP contribution in [0.3, 0.4) is 0 Å². The van der Waals surface area contributed by atoms with Gasteiger partial charge in [-0.25, -0.2) is 0 Å². The van der Waals surface area contributed by atoms with Gasteiger partial charge in [-0.1, -0.05) is 29.8 Å². The fourth-order valence-corrected chi connectivity index (χ4v) is 3.19. The fraction of sp³-hybridized carbons (Fsp3) is 0.278. The van der Waals surface area contributed by atoms with Gasteiger partial charge < -0.3 is 4.90 Å². The van der Waals surface area contributed by atoms with Crippen LogP contribution in [0.15, 0.2) is 42.5 Å². The molecule has 0 N–H and O–H groups in total. The molecule has 3 heteroatoms. The Morgan fingerprint density at radius 3 is 2.67 bits per heavy atom. The molecule has 0 aromatic heterocycles. The van der Waals surface area contributed by atoms with Crippen LogP contribution in [0, 0.1) is 11.3 Å². The van der Waals surface area contributed by atoms with Gasteiger partial charge in [0, 0.05) is 17.5 Å². The van der Waals surface area contributed by atoms with Crippen molar-refractivity contribution in [2.75, 3.05) is 13.6 Å². The summed E-state index contributed by atoms with van der Waals surface area (Å²) in [6, 6.07) is 16.4. The molecule has 0 amide bonds. The van der Waals surface area contributed by atoms with Crippen LogP contribution >= 0.6 is 11.6 Å². The van der Waals surface area contributed by atoms with Crippen molar-refractivity contribution < 1.29 is 0 Å². The monoisotopic (exact) mass is 296 g/mol. The van der Waals surface area contributed by atoms with Gasteiger partial charge in [-0.3, -0.25) is 0 Å². The molecule has 0 radical (unpaired) electrons. The lowest BCUT2D eigenvalue weighted by molar-refractivity contribution is 0.328. The molecule has 0 aliphatic carbocycles. The first kappa shape index (κ1) is 14.1. The van der Waals surface area contributed by atoms with Crippen LogP contribution in [-0.2, 0) is 6.54 Å². The second kappa shape index (κ2) is 5.89. The van der Waals surface area contributed by atoms with Gasteiger partial charge in [0.15, 0.2) is 0 Å². The SMILES string of the molecule is CN1CCC(c2ccc(Cl)cc2)c2ccc(C#N)cc2C1. The summed E-state index contributed by atoms with van der Waals surface area (Å²) in [5.41, 5.74) is 4.62. The number of rotatable bonds is 1. The molecule has 2 aromatic rings. The standard InChI is InChI=1S/C18H17ClN2/c1-21-9-8-18(14-3-5-16(19)6-4-14)17-7-2-13(11-20)10-15(17)12-21/h2-7,10,18H,8-9,12H2,1H3. The summed E-state index contributed by atoms with van der Waals surface area (Å²) in [5, 5.41) is 9.88. The second-order valence-electron chi connectivity index (χ2n) is 5.66. The van der Waals surface area contributed by atoms with Crippen molar-refractivity contribution >= 4 is 11.6 Å². The van der Waals surface area contributed by atoms with E-state index in [4.69, 9.17) is 16.9 Å². The first-order valence-corrected chi connectivity index (χ1v) is 7.52. The molecule has 0 saturated carbocycles. The van der Waals surface area contributed by atoms with Crippen LogP contribution in [-0.4, -0.2) is 18.5 Å². The summed E-state index contributed by atoms with van der Waals surface area (Å²) in [6.07, 6.45) is 1.08. The zero-order valence-corrected chi connectivity index (χ0v) is 12.8. The van der Waals surface area contributed by atoms with E-state index in [2.05, 4.69) is 36.2 Å². The Morgan fingerprint density at radius 1 is 1.19 bits per heavy atom. The van der Waals surface area contributed by atoms with E-state index in [1.807, 2.05) is 24.3 Å². The minimum atomic E-state index is 0.370. The Bertz CT molecular complexity index is 685. The van der Waals surface area contributed by atoms with Gasteiger partial charge in [0.25, 0.3) is 0 Å². The molecular formula is C18H17ClN2. The van der Waals surface area contributed by atoms with Crippen LogP contribution in [0.25, 0.3) is 0 Å². The smallest absolute Gasteiger partial charge is 0.0991 e. The summed E-state index contributed by atoms with van der Waals surface area (Å²) in [5.74, 6) is 0.370. The Labute approximate surface area is 130 Å². The zero-order chi connectivity index (χ0) is 14.8. The summed E-state index contributed by atoms with van der Waals surface area (Å²) >= 11 is 6.00. The Balaban J connectivity index is 2.07. The summed E-state index contributed by atoms with van der Waals surface area (Å²) < 4.78 is 0. The highest BCUT2D eigenvalue weighted by molar-refractivity contribution is 6.30. The molecule has 1 aliphatic rings. The maximum atomic E-state index is 9.11. The van der Waals surface area contributed by atoms with Gasteiger partial charge in [-0.15, -0.1) is 0 Å². The van der Waals surface area contributed by atoms with Gasteiger partial charge in [-0.05, 0) is 61.0 Å². The molecule has 2 aromatic carbocycles. The molecule has 1 unspecified atom stereocenters. The maximum Gasteiger partial charge on any atom is 0.0991 e. The van der Waals surface area contributed by atoms with Crippen molar-refractivity contribution in [2.45, 2.75) is 18.9 Å². The number of hydrogen-bond donors (Lipinski definition) is 0. The lowest BCUT2D eigenvalue weighted by Gasteiger charge is -2.18. The van der Waals surface area contributed by atoms with E-state index in [9.17, 15) is 0 Å². The quantitative estimate of drug-likeness (QED) is 0.789. The third kappa shape index (κ3) is 2.95. The molecule has 2 nitrogen and oxygen atoms in total. The van der Waals surface area contributed by atoms with Crippen molar-refractivity contribution in [3.05, 3.63) is 69.7 Å². The number of halogens is 1. The molecule has 0 saturated heterocycles. The summed E-state index contributed by atoms with van der Waals surface area (Å²) in [4.78, 5) is 2.32. The highest BCUT2D eigenvalue weighted by Crippen LogP contribution is 2.34. The highest BCUT2D eigenvalue weighted by atomic mass is 35.5. The van der Waals surface area contributed by atoms with Gasteiger partial charge in [0.05, 0.1) is 11.6 Å². The molecule has 0 spiro atoms. The molecule has 1 heterocycles. The van der Waals surface area contributed by atoms with Crippen molar-refractivity contribution in [2.24, 2.45) is 0 Å². The normalized spacial score (nSPS) is 18.6. The molecule has 21 heavy (non-hydrogen) atoms. The number of fused-ring (bicyclic) bond motifs is 1. The topological polar surface area (TPSA) is 27.0 Å². The van der Waals surface area contributed by atoms with Gasteiger partial charge in [0.1, 0.15) is 0 Å². The largest absolute Gasteiger partial charge is 0.302 e. The Hall–Kier alpha value is -1.82. The van der Waals surface area contributed by atoms with Crippen LogP contribution in [0.5, 0.6) is 0 Å². The summed E-state index contributed by atoms with van der Waals surface area (Å²) in [7, 11) is 2.13. The molecule has 0 bridgehead atoms. The predicted molar refractivity (Wildman–Crippen MR) is 85.4 cm³/mol. The molecule has 1 aliphatic heterocycles. The van der Waals surface area contributed by atoms with Gasteiger partial charge in [-0.2, -0.15) is 5.26 Å². The third-order valence-electron chi connectivity index (χ3n) is 4.16. The number of benzene rings is 2. The van der Waals surface area contributed by atoms with Crippen LogP contribution in [0.2, 0.25) is 5.02 Å². The second-order valence-corrected chi connectivity index (χ2v) is 6.09. The van der Waals surface area contributed by atoms with E-state index in [-0.39, 0.29) is 0 Å². The van der Waals surface area contributed by atoms with Gasteiger partial charge >= 0.3 is 0 Å². The fourth-order valence-electron chi connectivity index (χ4n) is 3.07. The van der Waals surface area contributed by atoms with E-state index in [1.54, 1.807) is 0 Å². The van der Waals surface area contributed by atoms with Gasteiger partial charge in [0.2, 0.25) is 0 Å². The Kier molecular flexibility index (Phi) is 3.96. The average molecular weight is 297 g/mol. The molecular weight excluding hydrogens is 280 g/mol. The molecule has 3 rings (SSSR count). The Morgan fingerprint density at radius 2 is 1.95 bits per heavy atom. The first-order chi connectivity index (χ1) is 10.2. The molecule has 1 atom stereocenters. The van der Waals surface area contributed by atoms with Crippen molar-refractivity contribution in [3.8, 4) is 6.07 Å². The number of hydrogen-bond acceptors (Lipinski definition) is 2. The maximum absolute atomic E-state index is 9.11. The highest BCUT2D eigenvalue weighted by Gasteiger charge is 2.22. The van der Waals surface area contributed by atoms with E-state index < -0.39 is 0 Å². The third-order valence-corrected chi connectivity index (χ3v) is 4.41. The minimum Gasteiger partial charge on any atom is -0.302 e.